The molecular formula is C19H18F2N2O2. The van der Waals surface area contributed by atoms with E-state index in [2.05, 4.69) is 5.32 Å². The number of amides is 2. The summed E-state index contributed by atoms with van der Waals surface area (Å²) in [7, 11) is 0. The molecule has 1 aliphatic rings. The first-order chi connectivity index (χ1) is 12.0. The highest BCUT2D eigenvalue weighted by Gasteiger charge is 2.34. The number of fused-ring (bicyclic) bond motifs is 1. The second-order valence-electron chi connectivity index (χ2n) is 6.02. The maximum atomic E-state index is 13.7. The summed E-state index contributed by atoms with van der Waals surface area (Å²) in [5.41, 5.74) is 1.99. The van der Waals surface area contributed by atoms with E-state index in [-0.39, 0.29) is 23.9 Å². The first-order valence-electron chi connectivity index (χ1n) is 8.04. The summed E-state index contributed by atoms with van der Waals surface area (Å²) < 4.78 is 26.7. The number of nitrogens with one attached hydrogen (secondary N) is 1. The van der Waals surface area contributed by atoms with E-state index >= 15 is 0 Å². The van der Waals surface area contributed by atoms with E-state index in [9.17, 15) is 18.4 Å². The zero-order chi connectivity index (χ0) is 18.0. The molecule has 1 N–H and O–H groups in total. The number of hydrogen-bond acceptors (Lipinski definition) is 2. The number of benzene rings is 2. The van der Waals surface area contributed by atoms with Gasteiger partial charge in [-0.25, -0.2) is 8.78 Å². The lowest BCUT2D eigenvalue weighted by Crippen LogP contribution is -2.46. The second kappa shape index (κ2) is 7.01. The Hall–Kier alpha value is -2.76. The predicted octanol–water partition coefficient (Wildman–Crippen LogP) is 2.73. The fourth-order valence-electron chi connectivity index (χ4n) is 3.13. The summed E-state index contributed by atoms with van der Waals surface area (Å²) in [6.45, 7) is 1.80. The van der Waals surface area contributed by atoms with E-state index in [0.29, 0.717) is 13.0 Å². The van der Waals surface area contributed by atoms with Crippen molar-refractivity contribution in [2.75, 3.05) is 6.54 Å². The number of carbonyl (C=O) groups is 2. The van der Waals surface area contributed by atoms with Crippen LogP contribution in [0.15, 0.2) is 42.5 Å². The quantitative estimate of drug-likeness (QED) is 0.931. The average Bonchev–Trinajstić information content (AvgIpc) is 2.59. The molecule has 2 amide bonds. The van der Waals surface area contributed by atoms with Crippen LogP contribution in [0, 0.1) is 11.6 Å². The van der Waals surface area contributed by atoms with E-state index in [4.69, 9.17) is 0 Å². The number of rotatable bonds is 3. The maximum absolute atomic E-state index is 13.7. The smallest absolute Gasteiger partial charge is 0.247 e. The Kier molecular flexibility index (Phi) is 4.79. The van der Waals surface area contributed by atoms with Crippen LogP contribution in [0.1, 0.15) is 29.7 Å². The highest BCUT2D eigenvalue weighted by atomic mass is 19.1. The van der Waals surface area contributed by atoms with Gasteiger partial charge in [0.25, 0.3) is 0 Å². The first kappa shape index (κ1) is 17.1. The van der Waals surface area contributed by atoms with Crippen molar-refractivity contribution in [3.05, 3.63) is 70.8 Å². The molecule has 0 aromatic heterocycles. The van der Waals surface area contributed by atoms with Crippen LogP contribution in [0.5, 0.6) is 0 Å². The molecule has 1 unspecified atom stereocenters. The minimum Gasteiger partial charge on any atom is -0.350 e. The molecule has 0 fully saturated rings. The highest BCUT2D eigenvalue weighted by Crippen LogP contribution is 2.30. The van der Waals surface area contributed by atoms with Gasteiger partial charge in [0.2, 0.25) is 11.8 Å². The topological polar surface area (TPSA) is 49.4 Å². The van der Waals surface area contributed by atoms with Crippen molar-refractivity contribution in [1.29, 1.82) is 0 Å². The average molecular weight is 344 g/mol. The molecule has 130 valence electrons. The molecule has 3 rings (SSSR count). The molecule has 1 aliphatic heterocycles. The van der Waals surface area contributed by atoms with E-state index in [1.165, 1.54) is 17.9 Å². The summed E-state index contributed by atoms with van der Waals surface area (Å²) in [5, 5.41) is 2.66. The zero-order valence-corrected chi connectivity index (χ0v) is 13.8. The van der Waals surface area contributed by atoms with E-state index < -0.39 is 17.7 Å². The van der Waals surface area contributed by atoms with Gasteiger partial charge in [0.1, 0.15) is 17.7 Å². The number of hydrogen-bond donors (Lipinski definition) is 1. The van der Waals surface area contributed by atoms with Gasteiger partial charge in [-0.05, 0) is 23.6 Å². The molecule has 0 radical (unpaired) electrons. The highest BCUT2D eigenvalue weighted by molar-refractivity contribution is 5.88. The monoisotopic (exact) mass is 344 g/mol. The van der Waals surface area contributed by atoms with Crippen LogP contribution >= 0.6 is 0 Å². The van der Waals surface area contributed by atoms with Gasteiger partial charge >= 0.3 is 0 Å². The van der Waals surface area contributed by atoms with Crippen molar-refractivity contribution in [1.82, 2.24) is 10.2 Å². The van der Waals surface area contributed by atoms with E-state index in [0.717, 1.165) is 23.3 Å². The van der Waals surface area contributed by atoms with Crippen LogP contribution in [0.3, 0.4) is 0 Å². The molecule has 0 aliphatic carbocycles. The van der Waals surface area contributed by atoms with Gasteiger partial charge in [0.05, 0.1) is 0 Å². The Morgan fingerprint density at radius 1 is 1.20 bits per heavy atom. The third kappa shape index (κ3) is 3.52. The second-order valence-corrected chi connectivity index (χ2v) is 6.02. The SMILES string of the molecule is CC(=O)N1CCc2ccccc2C1C(=O)NCc1ccc(F)cc1F. The molecule has 0 spiro atoms. The van der Waals surface area contributed by atoms with Crippen molar-refractivity contribution in [3.8, 4) is 0 Å². The lowest BCUT2D eigenvalue weighted by Gasteiger charge is -2.35. The van der Waals surface area contributed by atoms with Crippen LogP contribution in [0.25, 0.3) is 0 Å². The predicted molar refractivity (Wildman–Crippen MR) is 88.5 cm³/mol. The fourth-order valence-corrected chi connectivity index (χ4v) is 3.13. The van der Waals surface area contributed by atoms with Crippen LogP contribution in [-0.4, -0.2) is 23.3 Å². The Morgan fingerprint density at radius 2 is 1.96 bits per heavy atom. The zero-order valence-electron chi connectivity index (χ0n) is 13.8. The Balaban J connectivity index is 1.82. The number of carbonyl (C=O) groups excluding carboxylic acids is 2. The van der Waals surface area contributed by atoms with Crippen molar-refractivity contribution >= 4 is 11.8 Å². The van der Waals surface area contributed by atoms with Gasteiger partial charge in [0, 0.05) is 31.6 Å². The molecule has 1 atom stereocenters. The summed E-state index contributed by atoms with van der Waals surface area (Å²) in [4.78, 5) is 26.2. The minimum absolute atomic E-state index is 0.0740. The van der Waals surface area contributed by atoms with Crippen LogP contribution in [-0.2, 0) is 22.6 Å². The molecule has 2 aromatic rings. The van der Waals surface area contributed by atoms with Crippen molar-refractivity contribution in [3.63, 3.8) is 0 Å². The molecule has 0 saturated heterocycles. The van der Waals surface area contributed by atoms with Crippen molar-refractivity contribution in [2.45, 2.75) is 25.9 Å². The molecule has 0 bridgehead atoms. The fraction of sp³-hybridized carbons (Fsp3) is 0.263. The van der Waals surface area contributed by atoms with Gasteiger partial charge in [-0.1, -0.05) is 30.3 Å². The summed E-state index contributed by atoms with van der Waals surface area (Å²) in [6.07, 6.45) is 0.687. The molecule has 1 heterocycles. The lowest BCUT2D eigenvalue weighted by molar-refractivity contribution is -0.139. The van der Waals surface area contributed by atoms with Crippen LogP contribution in [0.4, 0.5) is 8.78 Å². The number of nitrogens with zero attached hydrogens (tertiary/aromatic N) is 1. The third-order valence-corrected chi connectivity index (χ3v) is 4.40. The molecule has 25 heavy (non-hydrogen) atoms. The molecule has 4 nitrogen and oxygen atoms in total. The number of halogens is 2. The molecular weight excluding hydrogens is 326 g/mol. The molecule has 0 saturated carbocycles. The third-order valence-electron chi connectivity index (χ3n) is 4.40. The standard InChI is InChI=1S/C19H18F2N2O2/c1-12(24)23-9-8-13-4-2-3-5-16(13)18(23)19(25)22-11-14-6-7-15(20)10-17(14)21/h2-7,10,18H,8-9,11H2,1H3,(H,22,25). The Bertz CT molecular complexity index is 823. The summed E-state index contributed by atoms with van der Waals surface area (Å²) >= 11 is 0. The van der Waals surface area contributed by atoms with E-state index in [1.54, 1.807) is 0 Å². The molecule has 2 aromatic carbocycles. The van der Waals surface area contributed by atoms with Gasteiger partial charge in [-0.15, -0.1) is 0 Å². The van der Waals surface area contributed by atoms with Crippen molar-refractivity contribution < 1.29 is 18.4 Å². The van der Waals surface area contributed by atoms with Crippen molar-refractivity contribution in [2.24, 2.45) is 0 Å². The van der Waals surface area contributed by atoms with Crippen LogP contribution in [0.2, 0.25) is 0 Å². The van der Waals surface area contributed by atoms with E-state index in [1.807, 2.05) is 24.3 Å². The summed E-state index contributed by atoms with van der Waals surface area (Å²) in [6, 6.07) is 9.95. The van der Waals surface area contributed by atoms with Gasteiger partial charge in [-0.2, -0.15) is 0 Å². The maximum Gasteiger partial charge on any atom is 0.247 e. The van der Waals surface area contributed by atoms with Gasteiger partial charge < -0.3 is 10.2 Å². The first-order valence-corrected chi connectivity index (χ1v) is 8.04. The summed E-state index contributed by atoms with van der Waals surface area (Å²) in [5.74, 6) is -1.96. The van der Waals surface area contributed by atoms with Gasteiger partial charge in [-0.3, -0.25) is 9.59 Å². The lowest BCUT2D eigenvalue weighted by atomic mass is 9.92. The van der Waals surface area contributed by atoms with Gasteiger partial charge in [0.15, 0.2) is 0 Å². The minimum atomic E-state index is -0.744. The van der Waals surface area contributed by atoms with Crippen LogP contribution < -0.4 is 5.32 Å². The Labute approximate surface area is 144 Å². The normalized spacial score (nSPS) is 16.3. The molecule has 6 heteroatoms. The largest absolute Gasteiger partial charge is 0.350 e. The Morgan fingerprint density at radius 3 is 2.68 bits per heavy atom.